The van der Waals surface area contributed by atoms with Crippen molar-refractivity contribution >= 4 is 11.6 Å². The lowest BCUT2D eigenvalue weighted by Crippen LogP contribution is -1.96. The van der Waals surface area contributed by atoms with Crippen LogP contribution in [0.1, 0.15) is 24.0 Å². The van der Waals surface area contributed by atoms with Crippen LogP contribution in [0, 0.1) is 12.8 Å². The van der Waals surface area contributed by atoms with Gasteiger partial charge < -0.3 is 0 Å². The minimum atomic E-state index is 0.654. The van der Waals surface area contributed by atoms with Gasteiger partial charge >= 0.3 is 0 Å². The van der Waals surface area contributed by atoms with Crippen LogP contribution in [0.5, 0.6) is 0 Å². The monoisotopic (exact) mass is 182 g/mol. The second-order valence-electron chi connectivity index (χ2n) is 3.50. The zero-order valence-electron chi connectivity index (χ0n) is 7.26. The highest BCUT2D eigenvalue weighted by Crippen LogP contribution is 2.29. The third-order valence-corrected chi connectivity index (χ3v) is 2.56. The van der Waals surface area contributed by atoms with E-state index in [4.69, 9.17) is 11.6 Å². The van der Waals surface area contributed by atoms with E-state index in [1.807, 2.05) is 6.92 Å². The largest absolute Gasteiger partial charge is 0.238 e. The van der Waals surface area contributed by atoms with Crippen molar-refractivity contribution in [3.8, 4) is 0 Å². The van der Waals surface area contributed by atoms with Gasteiger partial charge in [-0.15, -0.1) is 0 Å². The highest BCUT2D eigenvalue weighted by Gasteiger charge is 2.22. The van der Waals surface area contributed by atoms with Gasteiger partial charge in [-0.05, 0) is 25.7 Å². The fourth-order valence-corrected chi connectivity index (χ4v) is 2.05. The van der Waals surface area contributed by atoms with E-state index in [1.165, 1.54) is 0 Å². The topological polar surface area (TPSA) is 25.8 Å². The zero-order chi connectivity index (χ0) is 8.72. The highest BCUT2D eigenvalue weighted by molar-refractivity contribution is 6.30. The lowest BCUT2D eigenvalue weighted by Gasteiger charge is -2.00. The predicted molar refractivity (Wildman–Crippen MR) is 48.4 cm³/mol. The van der Waals surface area contributed by atoms with Crippen molar-refractivity contribution in [1.82, 2.24) is 9.97 Å². The number of hydrogen-bond acceptors (Lipinski definition) is 2. The van der Waals surface area contributed by atoms with Crippen LogP contribution in [0.15, 0.2) is 0 Å². The maximum atomic E-state index is 5.99. The first-order valence-electron chi connectivity index (χ1n) is 4.18. The van der Waals surface area contributed by atoms with Crippen molar-refractivity contribution in [3.05, 3.63) is 22.2 Å². The normalized spacial score (nSPS) is 21.1. The number of fused-ring (bicyclic) bond motifs is 1. The zero-order valence-corrected chi connectivity index (χ0v) is 8.02. The van der Waals surface area contributed by atoms with Crippen LogP contribution in [-0.2, 0) is 12.8 Å². The Balaban J connectivity index is 2.52. The Morgan fingerprint density at radius 3 is 2.83 bits per heavy atom. The molecule has 0 N–H and O–H groups in total. The smallest absolute Gasteiger partial charge is 0.136 e. The molecule has 0 bridgehead atoms. The molecular formula is C9H11ClN2. The fourth-order valence-electron chi connectivity index (χ4n) is 1.74. The lowest BCUT2D eigenvalue weighted by atomic mass is 10.1. The van der Waals surface area contributed by atoms with Gasteiger partial charge in [0.2, 0.25) is 0 Å². The summed E-state index contributed by atoms with van der Waals surface area (Å²) in [5.41, 5.74) is 2.31. The molecule has 0 fully saturated rings. The van der Waals surface area contributed by atoms with Crippen molar-refractivity contribution in [1.29, 1.82) is 0 Å². The van der Waals surface area contributed by atoms with Gasteiger partial charge in [0.15, 0.2) is 0 Å². The molecule has 1 aromatic heterocycles. The van der Waals surface area contributed by atoms with Gasteiger partial charge in [0.25, 0.3) is 0 Å². The van der Waals surface area contributed by atoms with Gasteiger partial charge in [-0.3, -0.25) is 0 Å². The number of aromatic nitrogens is 2. The standard InChI is InChI=1S/C9H11ClN2/c1-5-3-7-8(4-5)11-6(2)12-9(7)10/h5H,3-4H2,1-2H3. The van der Waals surface area contributed by atoms with Crippen molar-refractivity contribution in [2.45, 2.75) is 26.7 Å². The van der Waals surface area contributed by atoms with Gasteiger partial charge in [0.1, 0.15) is 11.0 Å². The second kappa shape index (κ2) is 2.70. The Kier molecular flexibility index (Phi) is 1.80. The van der Waals surface area contributed by atoms with E-state index in [1.54, 1.807) is 0 Å². The molecule has 0 spiro atoms. The molecule has 2 nitrogen and oxygen atoms in total. The molecule has 1 aliphatic carbocycles. The van der Waals surface area contributed by atoms with Gasteiger partial charge in [0.05, 0.1) is 0 Å². The molecule has 2 rings (SSSR count). The first kappa shape index (κ1) is 7.99. The Hall–Kier alpha value is -0.630. The van der Waals surface area contributed by atoms with Crippen molar-refractivity contribution in [3.63, 3.8) is 0 Å². The van der Waals surface area contributed by atoms with Crippen LogP contribution in [0.2, 0.25) is 5.15 Å². The summed E-state index contributed by atoms with van der Waals surface area (Å²) in [6.07, 6.45) is 2.09. The van der Waals surface area contributed by atoms with Crippen LogP contribution >= 0.6 is 11.6 Å². The lowest BCUT2D eigenvalue weighted by molar-refractivity contribution is 0.623. The Morgan fingerprint density at radius 2 is 2.08 bits per heavy atom. The minimum absolute atomic E-state index is 0.654. The highest BCUT2D eigenvalue weighted by atomic mass is 35.5. The number of halogens is 1. The van der Waals surface area contributed by atoms with Crippen molar-refractivity contribution in [2.24, 2.45) is 5.92 Å². The molecule has 0 aromatic carbocycles. The van der Waals surface area contributed by atoms with E-state index in [9.17, 15) is 0 Å². The number of aryl methyl sites for hydroxylation is 1. The third-order valence-electron chi connectivity index (χ3n) is 2.25. The number of rotatable bonds is 0. The molecule has 0 amide bonds. The van der Waals surface area contributed by atoms with Crippen LogP contribution in [0.4, 0.5) is 0 Å². The predicted octanol–water partition coefficient (Wildman–Crippen LogP) is 2.17. The molecule has 1 heterocycles. The van der Waals surface area contributed by atoms with Crippen molar-refractivity contribution in [2.75, 3.05) is 0 Å². The van der Waals surface area contributed by atoms with Gasteiger partial charge in [-0.2, -0.15) is 0 Å². The summed E-state index contributed by atoms with van der Waals surface area (Å²) in [5.74, 6) is 1.46. The van der Waals surface area contributed by atoms with E-state index in [0.29, 0.717) is 11.1 Å². The molecule has 12 heavy (non-hydrogen) atoms. The molecule has 3 heteroatoms. The molecule has 0 aliphatic heterocycles. The van der Waals surface area contributed by atoms with E-state index in [2.05, 4.69) is 16.9 Å². The molecule has 64 valence electrons. The summed E-state index contributed by atoms with van der Waals surface area (Å²) in [6, 6.07) is 0. The Morgan fingerprint density at radius 1 is 1.33 bits per heavy atom. The van der Waals surface area contributed by atoms with E-state index in [0.717, 1.165) is 29.9 Å². The van der Waals surface area contributed by atoms with Crippen LogP contribution in [0.3, 0.4) is 0 Å². The number of nitrogens with zero attached hydrogens (tertiary/aromatic N) is 2. The van der Waals surface area contributed by atoms with E-state index >= 15 is 0 Å². The van der Waals surface area contributed by atoms with Gasteiger partial charge in [0, 0.05) is 11.3 Å². The summed E-state index contributed by atoms with van der Waals surface area (Å²) in [5, 5.41) is 0.654. The Bertz CT molecular complexity index is 323. The van der Waals surface area contributed by atoms with Crippen LogP contribution < -0.4 is 0 Å². The van der Waals surface area contributed by atoms with Gasteiger partial charge in [-0.1, -0.05) is 18.5 Å². The summed E-state index contributed by atoms with van der Waals surface area (Å²) in [4.78, 5) is 8.50. The Labute approximate surface area is 77.0 Å². The summed E-state index contributed by atoms with van der Waals surface area (Å²) >= 11 is 5.99. The maximum Gasteiger partial charge on any atom is 0.136 e. The average Bonchev–Trinajstić information content (AvgIpc) is 2.29. The summed E-state index contributed by atoms with van der Waals surface area (Å²) < 4.78 is 0. The first-order chi connectivity index (χ1) is 5.66. The molecule has 0 radical (unpaired) electrons. The quantitative estimate of drug-likeness (QED) is 0.575. The molecule has 1 aliphatic rings. The maximum absolute atomic E-state index is 5.99. The number of hydrogen-bond donors (Lipinski definition) is 0. The molecule has 1 atom stereocenters. The van der Waals surface area contributed by atoms with E-state index < -0.39 is 0 Å². The van der Waals surface area contributed by atoms with Crippen LogP contribution in [-0.4, -0.2) is 9.97 Å². The molecule has 0 saturated carbocycles. The molecule has 0 saturated heterocycles. The minimum Gasteiger partial charge on any atom is -0.238 e. The molecule has 1 unspecified atom stereocenters. The SMILES string of the molecule is Cc1nc(Cl)c2c(n1)CC(C)C2. The third kappa shape index (κ3) is 1.20. The summed E-state index contributed by atoms with van der Waals surface area (Å²) in [7, 11) is 0. The van der Waals surface area contributed by atoms with Gasteiger partial charge in [-0.25, -0.2) is 9.97 Å². The second-order valence-corrected chi connectivity index (χ2v) is 3.86. The average molecular weight is 183 g/mol. The van der Waals surface area contributed by atoms with Crippen LogP contribution in [0.25, 0.3) is 0 Å². The van der Waals surface area contributed by atoms with E-state index in [-0.39, 0.29) is 0 Å². The molecule has 1 aromatic rings. The molecular weight excluding hydrogens is 172 g/mol. The first-order valence-corrected chi connectivity index (χ1v) is 4.56. The fraction of sp³-hybridized carbons (Fsp3) is 0.556. The van der Waals surface area contributed by atoms with Crippen molar-refractivity contribution < 1.29 is 0 Å². The summed E-state index contributed by atoms with van der Waals surface area (Å²) in [6.45, 7) is 4.10.